The summed E-state index contributed by atoms with van der Waals surface area (Å²) in [5, 5.41) is 2.53. The summed E-state index contributed by atoms with van der Waals surface area (Å²) in [6.45, 7) is 0. The molecule has 0 unspecified atom stereocenters. The minimum absolute atomic E-state index is 0.493. The fourth-order valence-corrected chi connectivity index (χ4v) is 1.49. The van der Waals surface area contributed by atoms with Gasteiger partial charge in [0.05, 0.1) is 5.56 Å². The molecule has 1 N–H and O–H groups in total. The molecule has 0 aliphatic heterocycles. The second-order valence-electron chi connectivity index (χ2n) is 3.54. The lowest BCUT2D eigenvalue weighted by molar-refractivity contribution is -0.105. The Labute approximate surface area is 104 Å². The molecule has 18 heavy (non-hydrogen) atoms. The Bertz CT molecular complexity index is 549. The summed E-state index contributed by atoms with van der Waals surface area (Å²) < 4.78 is 5.59. The maximum Gasteiger partial charge on any atom is 0.211 e. The van der Waals surface area contributed by atoms with E-state index >= 15 is 0 Å². The largest absolute Gasteiger partial charge is 0.457 e. The Morgan fingerprint density at radius 3 is 2.33 bits per heavy atom. The van der Waals surface area contributed by atoms with Gasteiger partial charge in [0.1, 0.15) is 11.5 Å². The first kappa shape index (κ1) is 11.9. The van der Waals surface area contributed by atoms with Gasteiger partial charge in [-0.05, 0) is 36.4 Å². The molecule has 0 fully saturated rings. The first-order chi connectivity index (χ1) is 8.83. The smallest absolute Gasteiger partial charge is 0.211 e. The number of ether oxygens (including phenoxy) is 1. The standard InChI is InChI=1S/C14H11NO3/c16-9-11-3-1-2-4-14(11)18-13-7-5-12(6-8-13)15-10-17/h1-10H,(H,15,17). The van der Waals surface area contributed by atoms with Crippen molar-refractivity contribution in [1.82, 2.24) is 0 Å². The van der Waals surface area contributed by atoms with Gasteiger partial charge in [0.25, 0.3) is 0 Å². The third kappa shape index (κ3) is 2.74. The highest BCUT2D eigenvalue weighted by atomic mass is 16.5. The van der Waals surface area contributed by atoms with Gasteiger partial charge in [-0.2, -0.15) is 0 Å². The number of para-hydroxylation sites is 1. The fourth-order valence-electron chi connectivity index (χ4n) is 1.49. The van der Waals surface area contributed by atoms with E-state index in [1.807, 2.05) is 0 Å². The average molecular weight is 241 g/mol. The number of carbonyl (C=O) groups excluding carboxylic acids is 2. The first-order valence-electron chi connectivity index (χ1n) is 5.36. The average Bonchev–Trinajstić information content (AvgIpc) is 2.42. The van der Waals surface area contributed by atoms with E-state index in [-0.39, 0.29) is 0 Å². The second-order valence-corrected chi connectivity index (χ2v) is 3.54. The van der Waals surface area contributed by atoms with E-state index in [2.05, 4.69) is 5.32 Å². The highest BCUT2D eigenvalue weighted by Crippen LogP contribution is 2.25. The third-order valence-electron chi connectivity index (χ3n) is 2.35. The normalized spacial score (nSPS) is 9.56. The SMILES string of the molecule is O=CNc1ccc(Oc2ccccc2C=O)cc1. The van der Waals surface area contributed by atoms with Crippen molar-refractivity contribution < 1.29 is 14.3 Å². The highest BCUT2D eigenvalue weighted by Gasteiger charge is 2.03. The molecular formula is C14H11NO3. The second kappa shape index (κ2) is 5.63. The Morgan fingerprint density at radius 1 is 0.944 bits per heavy atom. The number of rotatable bonds is 5. The van der Waals surface area contributed by atoms with E-state index < -0.39 is 0 Å². The van der Waals surface area contributed by atoms with E-state index in [9.17, 15) is 9.59 Å². The van der Waals surface area contributed by atoms with Crippen LogP contribution in [-0.4, -0.2) is 12.7 Å². The Kier molecular flexibility index (Phi) is 3.71. The number of anilines is 1. The van der Waals surface area contributed by atoms with E-state index in [4.69, 9.17) is 4.74 Å². The van der Waals surface area contributed by atoms with Crippen LogP contribution in [0, 0.1) is 0 Å². The summed E-state index contributed by atoms with van der Waals surface area (Å²) >= 11 is 0. The number of benzene rings is 2. The number of hydrogen-bond acceptors (Lipinski definition) is 3. The Hall–Kier alpha value is -2.62. The summed E-state index contributed by atoms with van der Waals surface area (Å²) in [5.41, 5.74) is 1.17. The van der Waals surface area contributed by atoms with Crippen LogP contribution in [-0.2, 0) is 4.79 Å². The molecule has 0 spiro atoms. The van der Waals surface area contributed by atoms with Crippen LogP contribution in [0.25, 0.3) is 0 Å². The Morgan fingerprint density at radius 2 is 1.67 bits per heavy atom. The van der Waals surface area contributed by atoms with E-state index in [1.165, 1.54) is 0 Å². The number of nitrogens with one attached hydrogen (secondary N) is 1. The topological polar surface area (TPSA) is 55.4 Å². The van der Waals surface area contributed by atoms with E-state index in [0.717, 1.165) is 6.29 Å². The van der Waals surface area contributed by atoms with Crippen LogP contribution in [0.2, 0.25) is 0 Å². The van der Waals surface area contributed by atoms with Crippen molar-refractivity contribution in [1.29, 1.82) is 0 Å². The lowest BCUT2D eigenvalue weighted by Gasteiger charge is -2.08. The molecule has 0 saturated carbocycles. The maximum absolute atomic E-state index is 10.8. The molecule has 1 amide bonds. The van der Waals surface area contributed by atoms with Crippen LogP contribution >= 0.6 is 0 Å². The maximum atomic E-state index is 10.8. The molecule has 0 bridgehead atoms. The van der Waals surface area contributed by atoms with Crippen molar-refractivity contribution in [2.24, 2.45) is 0 Å². The van der Waals surface area contributed by atoms with Crippen LogP contribution < -0.4 is 10.1 Å². The number of aldehydes is 1. The molecule has 0 aliphatic carbocycles. The quantitative estimate of drug-likeness (QED) is 0.819. The van der Waals surface area contributed by atoms with Gasteiger partial charge in [0, 0.05) is 5.69 Å². The van der Waals surface area contributed by atoms with Gasteiger partial charge in [0.2, 0.25) is 6.41 Å². The van der Waals surface area contributed by atoms with Crippen LogP contribution in [0.4, 0.5) is 5.69 Å². The lowest BCUT2D eigenvalue weighted by atomic mass is 10.2. The molecule has 0 aromatic heterocycles. The van der Waals surface area contributed by atoms with Crippen molar-refractivity contribution >= 4 is 18.4 Å². The lowest BCUT2D eigenvalue weighted by Crippen LogP contribution is -1.93. The number of carbonyl (C=O) groups is 2. The summed E-state index contributed by atoms with van der Waals surface area (Å²) in [5.74, 6) is 1.10. The van der Waals surface area contributed by atoms with Crippen LogP contribution in [0.3, 0.4) is 0 Å². The molecule has 0 saturated heterocycles. The molecule has 0 heterocycles. The predicted molar refractivity (Wildman–Crippen MR) is 68.0 cm³/mol. The molecule has 4 nitrogen and oxygen atoms in total. The van der Waals surface area contributed by atoms with Gasteiger partial charge < -0.3 is 10.1 Å². The molecule has 4 heteroatoms. The number of hydrogen-bond donors (Lipinski definition) is 1. The van der Waals surface area contributed by atoms with Crippen molar-refractivity contribution in [3.05, 3.63) is 54.1 Å². The summed E-state index contributed by atoms with van der Waals surface area (Å²) in [4.78, 5) is 21.1. The van der Waals surface area contributed by atoms with E-state index in [0.29, 0.717) is 29.2 Å². The monoisotopic (exact) mass is 241 g/mol. The van der Waals surface area contributed by atoms with Gasteiger partial charge in [0.15, 0.2) is 6.29 Å². The number of amides is 1. The van der Waals surface area contributed by atoms with Crippen LogP contribution in [0.1, 0.15) is 10.4 Å². The van der Waals surface area contributed by atoms with Gasteiger partial charge in [-0.3, -0.25) is 9.59 Å². The van der Waals surface area contributed by atoms with Gasteiger partial charge in [-0.25, -0.2) is 0 Å². The van der Waals surface area contributed by atoms with Crippen molar-refractivity contribution in [3.63, 3.8) is 0 Å². The molecule has 0 radical (unpaired) electrons. The molecule has 2 aromatic carbocycles. The fraction of sp³-hybridized carbons (Fsp3) is 0. The van der Waals surface area contributed by atoms with E-state index in [1.54, 1.807) is 48.5 Å². The zero-order valence-electron chi connectivity index (χ0n) is 9.50. The van der Waals surface area contributed by atoms with Gasteiger partial charge in [-0.1, -0.05) is 12.1 Å². The summed E-state index contributed by atoms with van der Waals surface area (Å²) in [7, 11) is 0. The zero-order valence-corrected chi connectivity index (χ0v) is 9.50. The van der Waals surface area contributed by atoms with Crippen molar-refractivity contribution in [2.45, 2.75) is 0 Å². The van der Waals surface area contributed by atoms with Gasteiger partial charge >= 0.3 is 0 Å². The molecule has 2 aromatic rings. The van der Waals surface area contributed by atoms with Crippen molar-refractivity contribution in [2.75, 3.05) is 5.32 Å². The van der Waals surface area contributed by atoms with Crippen LogP contribution in [0.5, 0.6) is 11.5 Å². The Balaban J connectivity index is 2.18. The molecule has 90 valence electrons. The molecular weight excluding hydrogens is 230 g/mol. The van der Waals surface area contributed by atoms with Gasteiger partial charge in [-0.15, -0.1) is 0 Å². The first-order valence-corrected chi connectivity index (χ1v) is 5.36. The predicted octanol–water partition coefficient (Wildman–Crippen LogP) is 2.86. The van der Waals surface area contributed by atoms with Crippen LogP contribution in [0.15, 0.2) is 48.5 Å². The molecule has 0 aliphatic rings. The zero-order chi connectivity index (χ0) is 12.8. The summed E-state index contributed by atoms with van der Waals surface area (Å²) in [6, 6.07) is 13.8. The van der Waals surface area contributed by atoms with Crippen molar-refractivity contribution in [3.8, 4) is 11.5 Å². The highest BCUT2D eigenvalue weighted by molar-refractivity contribution is 5.79. The molecule has 2 rings (SSSR count). The minimum atomic E-state index is 0.493. The molecule has 0 atom stereocenters. The minimum Gasteiger partial charge on any atom is -0.457 e. The summed E-state index contributed by atoms with van der Waals surface area (Å²) in [6.07, 6.45) is 1.36. The third-order valence-corrected chi connectivity index (χ3v) is 2.35.